The molecule has 0 bridgehead atoms. The Bertz CT molecular complexity index is 601. The van der Waals surface area contributed by atoms with E-state index in [1.54, 1.807) is 17.2 Å². The molecule has 0 radical (unpaired) electrons. The monoisotopic (exact) mass is 318 g/mol. The molecule has 1 N–H and O–H groups in total. The third-order valence-electron chi connectivity index (χ3n) is 4.55. The first-order chi connectivity index (χ1) is 11.0. The summed E-state index contributed by atoms with van der Waals surface area (Å²) in [7, 11) is 0. The van der Waals surface area contributed by atoms with Gasteiger partial charge in [-0.2, -0.15) is 0 Å². The fraction of sp³-hybridized carbons (Fsp3) is 0.625. The maximum absolute atomic E-state index is 12.7. The first kappa shape index (κ1) is 15.7. The molecule has 0 aromatic carbocycles. The lowest BCUT2D eigenvalue weighted by Crippen LogP contribution is -2.45. The highest BCUT2D eigenvalue weighted by Gasteiger charge is 2.33. The van der Waals surface area contributed by atoms with Crippen LogP contribution in [0.15, 0.2) is 12.3 Å². The predicted molar refractivity (Wildman–Crippen MR) is 84.3 cm³/mol. The number of aromatic nitrogens is 2. The molecule has 7 nitrogen and oxygen atoms in total. The van der Waals surface area contributed by atoms with Crippen molar-refractivity contribution in [1.82, 2.24) is 14.9 Å². The summed E-state index contributed by atoms with van der Waals surface area (Å²) >= 11 is 0. The second-order valence-corrected chi connectivity index (χ2v) is 6.52. The van der Waals surface area contributed by atoms with Crippen molar-refractivity contribution in [2.75, 3.05) is 31.1 Å². The molecule has 1 amide bonds. The number of carbonyl (C=O) groups is 2. The molecule has 1 aromatic heterocycles. The predicted octanol–water partition coefficient (Wildman–Crippen LogP) is 1.26. The average Bonchev–Trinajstić information content (AvgIpc) is 3.08. The number of nitrogens with zero attached hydrogens (tertiary/aromatic N) is 4. The molecule has 2 unspecified atom stereocenters. The molecule has 1 aromatic rings. The zero-order chi connectivity index (χ0) is 16.4. The lowest BCUT2D eigenvalue weighted by Gasteiger charge is -2.34. The summed E-state index contributed by atoms with van der Waals surface area (Å²) < 4.78 is 0. The third kappa shape index (κ3) is 3.43. The number of carbonyl (C=O) groups excluding carboxylic acids is 1. The number of carboxylic acid groups (broad SMARTS) is 1. The molecule has 2 aliphatic rings. The molecule has 2 aliphatic heterocycles. The van der Waals surface area contributed by atoms with Gasteiger partial charge in [0.05, 0.1) is 5.92 Å². The Morgan fingerprint density at radius 2 is 2.00 bits per heavy atom. The van der Waals surface area contributed by atoms with Crippen LogP contribution >= 0.6 is 0 Å². The van der Waals surface area contributed by atoms with Gasteiger partial charge in [0.25, 0.3) is 5.91 Å². The largest absolute Gasteiger partial charge is 0.481 e. The Labute approximate surface area is 135 Å². The molecule has 0 aliphatic carbocycles. The number of rotatable bonds is 3. The van der Waals surface area contributed by atoms with E-state index in [1.807, 2.05) is 6.92 Å². The molecule has 3 rings (SSSR count). The van der Waals surface area contributed by atoms with Crippen molar-refractivity contribution in [2.45, 2.75) is 26.2 Å². The zero-order valence-corrected chi connectivity index (χ0v) is 13.3. The Kier molecular flexibility index (Phi) is 4.45. The summed E-state index contributed by atoms with van der Waals surface area (Å²) in [6.45, 7) is 4.64. The van der Waals surface area contributed by atoms with Gasteiger partial charge < -0.3 is 14.9 Å². The molecule has 0 saturated carbocycles. The van der Waals surface area contributed by atoms with E-state index in [-0.39, 0.29) is 18.4 Å². The number of carboxylic acids is 1. The summed E-state index contributed by atoms with van der Waals surface area (Å²) in [5.41, 5.74) is 0.347. The molecular weight excluding hydrogens is 296 g/mol. The quantitative estimate of drug-likeness (QED) is 0.903. The lowest BCUT2D eigenvalue weighted by atomic mass is 9.90. The minimum Gasteiger partial charge on any atom is -0.481 e. The van der Waals surface area contributed by atoms with Crippen molar-refractivity contribution < 1.29 is 14.7 Å². The topological polar surface area (TPSA) is 86.6 Å². The van der Waals surface area contributed by atoms with E-state index >= 15 is 0 Å². The van der Waals surface area contributed by atoms with Crippen LogP contribution in [0.4, 0.5) is 5.95 Å². The van der Waals surface area contributed by atoms with E-state index in [9.17, 15) is 14.7 Å². The van der Waals surface area contributed by atoms with Crippen LogP contribution < -0.4 is 4.90 Å². The highest BCUT2D eigenvalue weighted by atomic mass is 16.4. The van der Waals surface area contributed by atoms with Gasteiger partial charge in [0.1, 0.15) is 5.69 Å². The van der Waals surface area contributed by atoms with E-state index in [1.165, 1.54) is 0 Å². The van der Waals surface area contributed by atoms with Crippen molar-refractivity contribution in [2.24, 2.45) is 11.8 Å². The number of amides is 1. The van der Waals surface area contributed by atoms with E-state index < -0.39 is 11.9 Å². The van der Waals surface area contributed by atoms with Crippen molar-refractivity contribution in [3.05, 3.63) is 18.0 Å². The molecule has 23 heavy (non-hydrogen) atoms. The number of hydrogen-bond acceptors (Lipinski definition) is 5. The van der Waals surface area contributed by atoms with Crippen molar-refractivity contribution in [1.29, 1.82) is 0 Å². The second kappa shape index (κ2) is 6.52. The first-order valence-electron chi connectivity index (χ1n) is 8.14. The molecule has 0 spiro atoms. The highest BCUT2D eigenvalue weighted by molar-refractivity contribution is 5.93. The zero-order valence-electron chi connectivity index (χ0n) is 13.3. The fourth-order valence-corrected chi connectivity index (χ4v) is 3.40. The summed E-state index contributed by atoms with van der Waals surface area (Å²) in [6.07, 6.45) is 4.45. The van der Waals surface area contributed by atoms with Crippen LogP contribution in [0.25, 0.3) is 0 Å². The Morgan fingerprint density at radius 1 is 1.26 bits per heavy atom. The summed E-state index contributed by atoms with van der Waals surface area (Å²) in [5.74, 6) is -0.773. The van der Waals surface area contributed by atoms with E-state index in [0.29, 0.717) is 24.6 Å². The van der Waals surface area contributed by atoms with Gasteiger partial charge in [0.2, 0.25) is 5.95 Å². The minimum absolute atomic E-state index is 0.175. The summed E-state index contributed by atoms with van der Waals surface area (Å²) in [4.78, 5) is 36.3. The van der Waals surface area contributed by atoms with Crippen LogP contribution in [0.2, 0.25) is 0 Å². The van der Waals surface area contributed by atoms with Gasteiger partial charge in [-0.15, -0.1) is 0 Å². The summed E-state index contributed by atoms with van der Waals surface area (Å²) in [6, 6.07) is 1.61. The molecule has 2 fully saturated rings. The molecule has 2 saturated heterocycles. The van der Waals surface area contributed by atoms with E-state index in [0.717, 1.165) is 25.9 Å². The van der Waals surface area contributed by atoms with Crippen LogP contribution in [0.1, 0.15) is 36.7 Å². The number of likely N-dealkylation sites (tertiary alicyclic amines) is 1. The Balaban J connectivity index is 1.76. The van der Waals surface area contributed by atoms with Crippen molar-refractivity contribution >= 4 is 17.8 Å². The SMILES string of the molecule is CC1CC(C(=O)O)CN(C(=O)c2ccnc(N3CCCC3)n2)C1. The first-order valence-corrected chi connectivity index (χ1v) is 8.14. The number of piperidine rings is 1. The molecule has 3 heterocycles. The van der Waals surface area contributed by atoms with Gasteiger partial charge in [-0.3, -0.25) is 9.59 Å². The van der Waals surface area contributed by atoms with E-state index in [4.69, 9.17) is 0 Å². The van der Waals surface area contributed by atoms with Crippen LogP contribution in [0.3, 0.4) is 0 Å². The van der Waals surface area contributed by atoms with Crippen LogP contribution in [0, 0.1) is 11.8 Å². The molecule has 124 valence electrons. The number of hydrogen-bond donors (Lipinski definition) is 1. The van der Waals surface area contributed by atoms with Gasteiger partial charge in [0, 0.05) is 32.4 Å². The van der Waals surface area contributed by atoms with E-state index in [2.05, 4.69) is 14.9 Å². The molecule has 2 atom stereocenters. The van der Waals surface area contributed by atoms with Crippen LogP contribution in [-0.2, 0) is 4.79 Å². The number of aliphatic carboxylic acids is 1. The van der Waals surface area contributed by atoms with Gasteiger partial charge in [-0.25, -0.2) is 9.97 Å². The average molecular weight is 318 g/mol. The normalized spacial score (nSPS) is 24.7. The van der Waals surface area contributed by atoms with Crippen molar-refractivity contribution in [3.63, 3.8) is 0 Å². The fourth-order valence-electron chi connectivity index (χ4n) is 3.40. The maximum atomic E-state index is 12.7. The van der Waals surface area contributed by atoms with Gasteiger partial charge >= 0.3 is 5.97 Å². The Hall–Kier alpha value is -2.18. The second-order valence-electron chi connectivity index (χ2n) is 6.52. The van der Waals surface area contributed by atoms with Gasteiger partial charge in [0.15, 0.2) is 0 Å². The van der Waals surface area contributed by atoms with Crippen molar-refractivity contribution in [3.8, 4) is 0 Å². The van der Waals surface area contributed by atoms with Crippen LogP contribution in [0.5, 0.6) is 0 Å². The molecule has 7 heteroatoms. The van der Waals surface area contributed by atoms with Crippen LogP contribution in [-0.4, -0.2) is 58.0 Å². The smallest absolute Gasteiger partial charge is 0.308 e. The third-order valence-corrected chi connectivity index (χ3v) is 4.55. The van der Waals surface area contributed by atoms with Gasteiger partial charge in [-0.05, 0) is 31.2 Å². The lowest BCUT2D eigenvalue weighted by molar-refractivity contribution is -0.143. The summed E-state index contributed by atoms with van der Waals surface area (Å²) in [5, 5.41) is 9.24. The Morgan fingerprint density at radius 3 is 2.70 bits per heavy atom. The number of anilines is 1. The minimum atomic E-state index is -0.838. The van der Waals surface area contributed by atoms with Gasteiger partial charge in [-0.1, -0.05) is 6.92 Å². The molecular formula is C16H22N4O3. The maximum Gasteiger partial charge on any atom is 0.308 e. The standard InChI is InChI=1S/C16H22N4O3/c1-11-8-12(15(22)23)10-20(9-11)14(21)13-4-5-17-16(18-13)19-6-2-3-7-19/h4-5,11-12H,2-3,6-10H2,1H3,(H,22,23). The highest BCUT2D eigenvalue weighted by Crippen LogP contribution is 2.23.